The number of amides is 1. The van der Waals surface area contributed by atoms with E-state index in [-0.39, 0.29) is 23.2 Å². The molecule has 0 bridgehead atoms. The van der Waals surface area contributed by atoms with E-state index in [1.807, 2.05) is 30.3 Å². The maximum absolute atomic E-state index is 12.5. The van der Waals surface area contributed by atoms with E-state index >= 15 is 0 Å². The number of nitrogens with zero attached hydrogens (tertiary/aromatic N) is 2. The SMILES string of the molecule is O=C(NC[C@H](c1ccccc1)N1CCOCC1)c1cccc([N+](=O)[O-])c1. The minimum atomic E-state index is -0.503. The molecule has 0 aliphatic carbocycles. The average Bonchev–Trinajstić information content (AvgIpc) is 2.69. The molecular weight excluding hydrogens is 334 g/mol. The number of hydrogen-bond acceptors (Lipinski definition) is 5. The largest absolute Gasteiger partial charge is 0.379 e. The molecule has 2 aromatic rings. The van der Waals surface area contributed by atoms with E-state index in [0.29, 0.717) is 19.8 Å². The van der Waals surface area contributed by atoms with Crippen molar-refractivity contribution in [1.29, 1.82) is 0 Å². The van der Waals surface area contributed by atoms with E-state index < -0.39 is 4.92 Å². The first-order valence-corrected chi connectivity index (χ1v) is 8.54. The predicted molar refractivity (Wildman–Crippen MR) is 97.0 cm³/mol. The molecule has 1 aliphatic heterocycles. The van der Waals surface area contributed by atoms with Gasteiger partial charge in [0.1, 0.15) is 0 Å². The van der Waals surface area contributed by atoms with Gasteiger partial charge in [0, 0.05) is 37.3 Å². The van der Waals surface area contributed by atoms with E-state index in [0.717, 1.165) is 18.7 Å². The summed E-state index contributed by atoms with van der Waals surface area (Å²) >= 11 is 0. The summed E-state index contributed by atoms with van der Waals surface area (Å²) in [4.78, 5) is 25.1. The molecule has 136 valence electrons. The number of benzene rings is 2. The molecule has 7 heteroatoms. The minimum absolute atomic E-state index is 0.0303. The standard InChI is InChI=1S/C19H21N3O4/c23-19(16-7-4-8-17(13-16)22(24)25)20-14-18(15-5-2-1-3-6-15)21-9-11-26-12-10-21/h1-8,13,18H,9-12,14H2,(H,20,23)/t18-/m1/s1. The van der Waals surface area contributed by atoms with Crippen molar-refractivity contribution in [3.8, 4) is 0 Å². The maximum atomic E-state index is 12.5. The highest BCUT2D eigenvalue weighted by molar-refractivity contribution is 5.94. The second kappa shape index (κ2) is 8.55. The number of nitrogens with one attached hydrogen (secondary N) is 1. The third-order valence-corrected chi connectivity index (χ3v) is 4.45. The van der Waals surface area contributed by atoms with Gasteiger partial charge < -0.3 is 10.1 Å². The van der Waals surface area contributed by atoms with Crippen LogP contribution in [-0.2, 0) is 4.74 Å². The van der Waals surface area contributed by atoms with Gasteiger partial charge in [-0.3, -0.25) is 19.8 Å². The third kappa shape index (κ3) is 4.44. The third-order valence-electron chi connectivity index (χ3n) is 4.45. The summed E-state index contributed by atoms with van der Waals surface area (Å²) in [6.07, 6.45) is 0. The van der Waals surface area contributed by atoms with Crippen molar-refractivity contribution in [3.05, 3.63) is 75.8 Å². The van der Waals surface area contributed by atoms with Crippen LogP contribution in [0, 0.1) is 10.1 Å². The minimum Gasteiger partial charge on any atom is -0.379 e. The molecule has 3 rings (SSSR count). The summed E-state index contributed by atoms with van der Waals surface area (Å²) < 4.78 is 5.42. The molecule has 1 heterocycles. The van der Waals surface area contributed by atoms with Crippen LogP contribution >= 0.6 is 0 Å². The molecule has 1 atom stereocenters. The van der Waals surface area contributed by atoms with Crippen LogP contribution < -0.4 is 5.32 Å². The predicted octanol–water partition coefficient (Wildman–Crippen LogP) is 2.40. The fraction of sp³-hybridized carbons (Fsp3) is 0.316. The molecule has 0 aromatic heterocycles. The molecule has 0 unspecified atom stereocenters. The van der Waals surface area contributed by atoms with Crippen molar-refractivity contribution in [2.45, 2.75) is 6.04 Å². The second-order valence-electron chi connectivity index (χ2n) is 6.09. The Morgan fingerprint density at radius 2 is 1.88 bits per heavy atom. The van der Waals surface area contributed by atoms with E-state index in [1.54, 1.807) is 6.07 Å². The van der Waals surface area contributed by atoms with Crippen LogP contribution in [0.5, 0.6) is 0 Å². The van der Waals surface area contributed by atoms with Crippen LogP contribution in [-0.4, -0.2) is 48.6 Å². The Bertz CT molecular complexity index is 760. The van der Waals surface area contributed by atoms with Crippen LogP contribution in [0.25, 0.3) is 0 Å². The molecule has 1 N–H and O–H groups in total. The Morgan fingerprint density at radius 1 is 1.15 bits per heavy atom. The lowest BCUT2D eigenvalue weighted by Gasteiger charge is -2.35. The molecular formula is C19H21N3O4. The lowest BCUT2D eigenvalue weighted by molar-refractivity contribution is -0.384. The summed E-state index contributed by atoms with van der Waals surface area (Å²) in [5, 5.41) is 13.8. The summed E-state index contributed by atoms with van der Waals surface area (Å²) in [5.74, 6) is -0.317. The molecule has 26 heavy (non-hydrogen) atoms. The van der Waals surface area contributed by atoms with E-state index in [2.05, 4.69) is 10.2 Å². The molecule has 2 aromatic carbocycles. The molecule has 0 spiro atoms. The van der Waals surface area contributed by atoms with Gasteiger partial charge >= 0.3 is 0 Å². The van der Waals surface area contributed by atoms with Crippen LogP contribution in [0.2, 0.25) is 0 Å². The zero-order valence-electron chi connectivity index (χ0n) is 14.3. The van der Waals surface area contributed by atoms with Gasteiger partial charge in [0.2, 0.25) is 0 Å². The normalized spacial score (nSPS) is 16.0. The highest BCUT2D eigenvalue weighted by atomic mass is 16.6. The second-order valence-corrected chi connectivity index (χ2v) is 6.09. The van der Waals surface area contributed by atoms with Gasteiger partial charge in [-0.1, -0.05) is 36.4 Å². The van der Waals surface area contributed by atoms with Crippen LogP contribution in [0.4, 0.5) is 5.69 Å². The summed E-state index contributed by atoms with van der Waals surface area (Å²) in [5.41, 5.74) is 1.31. The van der Waals surface area contributed by atoms with Crippen molar-refractivity contribution in [2.75, 3.05) is 32.8 Å². The number of non-ortho nitro benzene ring substituents is 1. The Kier molecular flexibility index (Phi) is 5.93. The Labute approximate surface area is 151 Å². The molecule has 0 saturated carbocycles. The zero-order chi connectivity index (χ0) is 18.4. The summed E-state index contributed by atoms with van der Waals surface area (Å²) in [6, 6.07) is 15.8. The van der Waals surface area contributed by atoms with Gasteiger partial charge in [-0.2, -0.15) is 0 Å². The monoisotopic (exact) mass is 355 g/mol. The first-order valence-electron chi connectivity index (χ1n) is 8.54. The zero-order valence-corrected chi connectivity index (χ0v) is 14.3. The van der Waals surface area contributed by atoms with E-state index in [4.69, 9.17) is 4.74 Å². The van der Waals surface area contributed by atoms with Crippen molar-refractivity contribution >= 4 is 11.6 Å². The van der Waals surface area contributed by atoms with Crippen molar-refractivity contribution < 1.29 is 14.5 Å². The maximum Gasteiger partial charge on any atom is 0.270 e. The number of hydrogen-bond donors (Lipinski definition) is 1. The van der Waals surface area contributed by atoms with Crippen molar-refractivity contribution in [2.24, 2.45) is 0 Å². The van der Waals surface area contributed by atoms with E-state index in [9.17, 15) is 14.9 Å². The topological polar surface area (TPSA) is 84.7 Å². The number of nitro benzene ring substituents is 1. The highest BCUT2D eigenvalue weighted by Gasteiger charge is 2.23. The lowest BCUT2D eigenvalue weighted by atomic mass is 10.0. The van der Waals surface area contributed by atoms with Crippen LogP contribution in [0.3, 0.4) is 0 Å². The van der Waals surface area contributed by atoms with E-state index in [1.165, 1.54) is 18.2 Å². The summed E-state index contributed by atoms with van der Waals surface area (Å²) in [6.45, 7) is 3.36. The fourth-order valence-electron chi connectivity index (χ4n) is 3.07. The van der Waals surface area contributed by atoms with Crippen molar-refractivity contribution in [1.82, 2.24) is 10.2 Å². The Hall–Kier alpha value is -2.77. The molecule has 1 aliphatic rings. The first kappa shape index (κ1) is 18.0. The number of ether oxygens (including phenoxy) is 1. The number of carbonyl (C=O) groups is 1. The van der Waals surface area contributed by atoms with Gasteiger partial charge in [0.25, 0.3) is 11.6 Å². The number of rotatable bonds is 6. The quantitative estimate of drug-likeness (QED) is 0.635. The first-order chi connectivity index (χ1) is 12.6. The van der Waals surface area contributed by atoms with Gasteiger partial charge in [0.05, 0.1) is 24.2 Å². The lowest BCUT2D eigenvalue weighted by Crippen LogP contribution is -2.43. The van der Waals surface area contributed by atoms with Crippen LogP contribution in [0.1, 0.15) is 22.0 Å². The molecule has 1 amide bonds. The highest BCUT2D eigenvalue weighted by Crippen LogP contribution is 2.21. The van der Waals surface area contributed by atoms with Gasteiger partial charge in [-0.15, -0.1) is 0 Å². The van der Waals surface area contributed by atoms with Crippen LogP contribution in [0.15, 0.2) is 54.6 Å². The molecule has 0 radical (unpaired) electrons. The van der Waals surface area contributed by atoms with Gasteiger partial charge in [-0.25, -0.2) is 0 Å². The van der Waals surface area contributed by atoms with Gasteiger partial charge in [0.15, 0.2) is 0 Å². The molecule has 1 saturated heterocycles. The Balaban J connectivity index is 1.72. The smallest absolute Gasteiger partial charge is 0.270 e. The molecule has 1 fully saturated rings. The fourth-order valence-corrected chi connectivity index (χ4v) is 3.07. The Morgan fingerprint density at radius 3 is 2.58 bits per heavy atom. The number of carbonyl (C=O) groups excluding carboxylic acids is 1. The molecule has 7 nitrogen and oxygen atoms in total. The summed E-state index contributed by atoms with van der Waals surface area (Å²) in [7, 11) is 0. The number of morpholine rings is 1. The van der Waals surface area contributed by atoms with Crippen molar-refractivity contribution in [3.63, 3.8) is 0 Å². The average molecular weight is 355 g/mol. The van der Waals surface area contributed by atoms with Gasteiger partial charge in [-0.05, 0) is 11.6 Å². The number of nitro groups is 1.